The van der Waals surface area contributed by atoms with Crippen molar-refractivity contribution in [3.8, 4) is 0 Å². The molecule has 1 aliphatic rings. The predicted octanol–water partition coefficient (Wildman–Crippen LogP) is 1.27. The van der Waals surface area contributed by atoms with E-state index in [1.165, 1.54) is 19.2 Å². The first kappa shape index (κ1) is 16.3. The number of amides is 1. The summed E-state index contributed by atoms with van der Waals surface area (Å²) in [5.74, 6) is -0.172. The van der Waals surface area contributed by atoms with Crippen molar-refractivity contribution in [2.45, 2.75) is 17.7 Å². The summed E-state index contributed by atoms with van der Waals surface area (Å²) in [7, 11) is -2.38. The van der Waals surface area contributed by atoms with Crippen molar-refractivity contribution in [1.29, 1.82) is 0 Å². The Balaban J connectivity index is 2.16. The highest BCUT2D eigenvalue weighted by Gasteiger charge is 2.27. The molecule has 8 heteroatoms. The molecule has 1 saturated heterocycles. The largest absolute Gasteiger partial charge is 0.398 e. The van der Waals surface area contributed by atoms with Gasteiger partial charge >= 0.3 is 0 Å². The van der Waals surface area contributed by atoms with E-state index < -0.39 is 10.0 Å². The van der Waals surface area contributed by atoms with Crippen LogP contribution in [0.4, 0.5) is 5.69 Å². The van der Waals surface area contributed by atoms with E-state index in [2.05, 4.69) is 15.9 Å². The standard InChI is InChI=1S/C13H18BrN3O3S/c1-16(9-13(18)17-6-2-3-7-17)21(19,20)12-5-4-10(14)8-11(12)15/h4-5,8H,2-3,6-7,9,15H2,1H3. The minimum absolute atomic E-state index is 0.0161. The van der Waals surface area contributed by atoms with Crippen LogP contribution in [0.3, 0.4) is 0 Å². The van der Waals surface area contributed by atoms with E-state index >= 15 is 0 Å². The molecule has 0 saturated carbocycles. The third kappa shape index (κ3) is 3.56. The highest BCUT2D eigenvalue weighted by Crippen LogP contribution is 2.25. The average Bonchev–Trinajstić information content (AvgIpc) is 2.91. The van der Waals surface area contributed by atoms with Gasteiger partial charge in [0.05, 0.1) is 12.2 Å². The van der Waals surface area contributed by atoms with Crippen LogP contribution in [0.5, 0.6) is 0 Å². The number of anilines is 1. The molecule has 1 aromatic rings. The number of halogens is 1. The van der Waals surface area contributed by atoms with Gasteiger partial charge in [-0.15, -0.1) is 0 Å². The van der Waals surface area contributed by atoms with Crippen LogP contribution in [0.25, 0.3) is 0 Å². The van der Waals surface area contributed by atoms with Gasteiger partial charge in [-0.2, -0.15) is 4.31 Å². The number of sulfonamides is 1. The lowest BCUT2D eigenvalue weighted by atomic mass is 10.3. The summed E-state index contributed by atoms with van der Waals surface area (Å²) in [6.45, 7) is 1.23. The van der Waals surface area contributed by atoms with Crippen LogP contribution in [0.15, 0.2) is 27.6 Å². The molecule has 21 heavy (non-hydrogen) atoms. The first-order valence-electron chi connectivity index (χ1n) is 6.61. The maximum absolute atomic E-state index is 12.5. The lowest BCUT2D eigenvalue weighted by molar-refractivity contribution is -0.130. The highest BCUT2D eigenvalue weighted by molar-refractivity contribution is 9.10. The molecule has 1 aliphatic heterocycles. The number of nitrogens with zero attached hydrogens (tertiary/aromatic N) is 2. The maximum Gasteiger partial charge on any atom is 0.245 e. The van der Waals surface area contributed by atoms with E-state index in [1.54, 1.807) is 11.0 Å². The summed E-state index contributed by atoms with van der Waals surface area (Å²) < 4.78 is 26.7. The van der Waals surface area contributed by atoms with E-state index in [-0.39, 0.29) is 23.0 Å². The van der Waals surface area contributed by atoms with E-state index in [4.69, 9.17) is 5.73 Å². The second-order valence-electron chi connectivity index (χ2n) is 5.03. The summed E-state index contributed by atoms with van der Waals surface area (Å²) in [5.41, 5.74) is 5.92. The van der Waals surface area contributed by atoms with Crippen LogP contribution in [0, 0.1) is 0 Å². The summed E-state index contributed by atoms with van der Waals surface area (Å²) in [6, 6.07) is 4.58. The molecule has 0 radical (unpaired) electrons. The number of hydrogen-bond acceptors (Lipinski definition) is 4. The predicted molar refractivity (Wildman–Crippen MR) is 84.2 cm³/mol. The topological polar surface area (TPSA) is 83.7 Å². The summed E-state index contributed by atoms with van der Waals surface area (Å²) in [6.07, 6.45) is 1.95. The van der Waals surface area contributed by atoms with Gasteiger partial charge in [0.15, 0.2) is 0 Å². The number of likely N-dealkylation sites (tertiary alicyclic amines) is 1. The number of nitrogens with two attached hydrogens (primary N) is 1. The Morgan fingerprint density at radius 3 is 2.57 bits per heavy atom. The molecular formula is C13H18BrN3O3S. The molecular weight excluding hydrogens is 358 g/mol. The molecule has 116 valence electrons. The third-order valence-corrected chi connectivity index (χ3v) is 5.85. The van der Waals surface area contributed by atoms with Gasteiger partial charge in [-0.1, -0.05) is 15.9 Å². The van der Waals surface area contributed by atoms with Crippen LogP contribution < -0.4 is 5.73 Å². The Morgan fingerprint density at radius 1 is 1.38 bits per heavy atom. The van der Waals surface area contributed by atoms with Crippen molar-refractivity contribution in [1.82, 2.24) is 9.21 Å². The Labute approximate surface area is 133 Å². The SMILES string of the molecule is CN(CC(=O)N1CCCC1)S(=O)(=O)c1ccc(Br)cc1N. The number of rotatable bonds is 4. The number of carbonyl (C=O) groups is 1. The van der Waals surface area contributed by atoms with Gasteiger partial charge in [0.2, 0.25) is 15.9 Å². The van der Waals surface area contributed by atoms with Crippen LogP contribution in [-0.2, 0) is 14.8 Å². The maximum atomic E-state index is 12.5. The Morgan fingerprint density at radius 2 is 2.00 bits per heavy atom. The number of likely N-dealkylation sites (N-methyl/N-ethyl adjacent to an activating group) is 1. The Hall–Kier alpha value is -1.12. The van der Waals surface area contributed by atoms with Gasteiger partial charge in [0.25, 0.3) is 0 Å². The highest BCUT2D eigenvalue weighted by atomic mass is 79.9. The monoisotopic (exact) mass is 375 g/mol. The lowest BCUT2D eigenvalue weighted by Crippen LogP contribution is -2.39. The van der Waals surface area contributed by atoms with Gasteiger partial charge in [-0.3, -0.25) is 4.79 Å². The molecule has 1 aromatic carbocycles. The van der Waals surface area contributed by atoms with Crippen molar-refractivity contribution < 1.29 is 13.2 Å². The zero-order valence-corrected chi connectivity index (χ0v) is 14.2. The lowest BCUT2D eigenvalue weighted by Gasteiger charge is -2.21. The van der Waals surface area contributed by atoms with Gasteiger partial charge in [0, 0.05) is 24.6 Å². The molecule has 0 bridgehead atoms. The molecule has 0 aliphatic carbocycles. The quantitative estimate of drug-likeness (QED) is 0.803. The fraction of sp³-hybridized carbons (Fsp3) is 0.462. The molecule has 0 spiro atoms. The van der Waals surface area contributed by atoms with Gasteiger partial charge < -0.3 is 10.6 Å². The summed E-state index contributed by atoms with van der Waals surface area (Å²) in [4.78, 5) is 13.8. The molecule has 0 aromatic heterocycles. The van der Waals surface area contributed by atoms with Gasteiger partial charge in [-0.05, 0) is 31.0 Å². The van der Waals surface area contributed by atoms with Crippen molar-refractivity contribution in [3.05, 3.63) is 22.7 Å². The Bertz CT molecular complexity index is 642. The van der Waals surface area contributed by atoms with E-state index in [0.717, 1.165) is 17.1 Å². The van der Waals surface area contributed by atoms with Gasteiger partial charge in [0.1, 0.15) is 4.90 Å². The van der Waals surface area contributed by atoms with Crippen LogP contribution in [0.1, 0.15) is 12.8 Å². The van der Waals surface area contributed by atoms with Crippen molar-refractivity contribution in [3.63, 3.8) is 0 Å². The fourth-order valence-corrected chi connectivity index (χ4v) is 3.86. The zero-order valence-electron chi connectivity index (χ0n) is 11.8. The smallest absolute Gasteiger partial charge is 0.245 e. The fourth-order valence-electron chi connectivity index (χ4n) is 2.26. The van der Waals surface area contributed by atoms with Gasteiger partial charge in [-0.25, -0.2) is 8.42 Å². The van der Waals surface area contributed by atoms with Crippen molar-refractivity contribution in [2.75, 3.05) is 32.4 Å². The molecule has 1 amide bonds. The number of benzene rings is 1. The van der Waals surface area contributed by atoms with Crippen LogP contribution in [0.2, 0.25) is 0 Å². The summed E-state index contributed by atoms with van der Waals surface area (Å²) in [5, 5.41) is 0. The van der Waals surface area contributed by atoms with E-state index in [1.807, 2.05) is 0 Å². The molecule has 2 N–H and O–H groups in total. The molecule has 1 fully saturated rings. The first-order chi connectivity index (χ1) is 9.82. The third-order valence-electron chi connectivity index (χ3n) is 3.48. The molecule has 6 nitrogen and oxygen atoms in total. The van der Waals surface area contributed by atoms with Crippen molar-refractivity contribution >= 4 is 37.5 Å². The normalized spacial score (nSPS) is 15.7. The minimum atomic E-state index is -3.77. The number of carbonyl (C=O) groups excluding carboxylic acids is 1. The first-order valence-corrected chi connectivity index (χ1v) is 8.85. The second kappa shape index (κ2) is 6.33. The summed E-state index contributed by atoms with van der Waals surface area (Å²) >= 11 is 3.24. The van der Waals surface area contributed by atoms with Crippen molar-refractivity contribution in [2.24, 2.45) is 0 Å². The van der Waals surface area contributed by atoms with Crippen LogP contribution >= 0.6 is 15.9 Å². The molecule has 1 heterocycles. The van der Waals surface area contributed by atoms with Crippen LogP contribution in [-0.4, -0.2) is 50.2 Å². The van der Waals surface area contributed by atoms with E-state index in [0.29, 0.717) is 17.6 Å². The number of hydrogen-bond donors (Lipinski definition) is 1. The molecule has 0 atom stereocenters. The molecule has 0 unspecified atom stereocenters. The Kier molecular flexibility index (Phi) is 4.90. The average molecular weight is 376 g/mol. The second-order valence-corrected chi connectivity index (χ2v) is 7.96. The zero-order chi connectivity index (χ0) is 15.6. The minimum Gasteiger partial charge on any atom is -0.398 e. The van der Waals surface area contributed by atoms with E-state index in [9.17, 15) is 13.2 Å². The molecule has 2 rings (SSSR count). The number of nitrogen functional groups attached to an aromatic ring is 1.